The summed E-state index contributed by atoms with van der Waals surface area (Å²) in [5.41, 5.74) is -1.05. The van der Waals surface area contributed by atoms with E-state index in [2.05, 4.69) is 9.97 Å². The van der Waals surface area contributed by atoms with Crippen molar-refractivity contribution in [2.75, 3.05) is 0 Å². The maximum absolute atomic E-state index is 13.4. The van der Waals surface area contributed by atoms with Crippen LogP contribution in [0.15, 0.2) is 85.2 Å². The van der Waals surface area contributed by atoms with Crippen molar-refractivity contribution in [3.8, 4) is 34.0 Å². The standard InChI is InChI=1S/C24H14F6N2O/c25-23(26,27)15-7-9-17(19-5-1-3-11-31-19)21(13-15)33-22-14-16(24(28,29)30)8-10-18(22)20-6-2-4-12-32-20/h1-14H. The Bertz CT molecular complexity index is 1160. The number of rotatable bonds is 4. The summed E-state index contributed by atoms with van der Waals surface area (Å²) >= 11 is 0. The Morgan fingerprint density at radius 1 is 0.545 bits per heavy atom. The third-order valence-corrected chi connectivity index (χ3v) is 4.72. The van der Waals surface area contributed by atoms with Crippen molar-refractivity contribution in [1.82, 2.24) is 9.97 Å². The van der Waals surface area contributed by atoms with Gasteiger partial charge in [-0.25, -0.2) is 0 Å². The number of hydrogen-bond donors (Lipinski definition) is 0. The lowest BCUT2D eigenvalue weighted by Gasteiger charge is -2.18. The minimum Gasteiger partial charge on any atom is -0.456 e. The summed E-state index contributed by atoms with van der Waals surface area (Å²) in [6.45, 7) is 0. The molecule has 4 rings (SSSR count). The third-order valence-electron chi connectivity index (χ3n) is 4.72. The average molecular weight is 460 g/mol. The predicted octanol–water partition coefficient (Wildman–Crippen LogP) is 7.64. The van der Waals surface area contributed by atoms with Gasteiger partial charge in [-0.1, -0.05) is 12.1 Å². The second-order valence-corrected chi connectivity index (χ2v) is 6.95. The average Bonchev–Trinajstić information content (AvgIpc) is 2.79. The fourth-order valence-corrected chi connectivity index (χ4v) is 3.15. The first-order chi connectivity index (χ1) is 15.6. The van der Waals surface area contributed by atoms with Crippen molar-refractivity contribution in [2.45, 2.75) is 12.4 Å². The Morgan fingerprint density at radius 2 is 0.970 bits per heavy atom. The molecule has 2 aromatic carbocycles. The van der Waals surface area contributed by atoms with Gasteiger partial charge in [-0.2, -0.15) is 26.3 Å². The Kier molecular flexibility index (Phi) is 5.80. The number of pyridine rings is 2. The maximum Gasteiger partial charge on any atom is 0.416 e. The van der Waals surface area contributed by atoms with Gasteiger partial charge in [0.2, 0.25) is 0 Å². The summed E-state index contributed by atoms with van der Waals surface area (Å²) < 4.78 is 86.0. The molecule has 0 amide bonds. The molecule has 0 aliphatic carbocycles. The molecule has 9 heteroatoms. The molecule has 3 nitrogen and oxygen atoms in total. The number of aromatic nitrogens is 2. The van der Waals surface area contributed by atoms with Crippen LogP contribution < -0.4 is 4.74 Å². The molecule has 4 aromatic rings. The first-order valence-corrected chi connectivity index (χ1v) is 9.56. The van der Waals surface area contributed by atoms with E-state index in [9.17, 15) is 26.3 Å². The van der Waals surface area contributed by atoms with Gasteiger partial charge in [0.1, 0.15) is 11.5 Å². The van der Waals surface area contributed by atoms with Gasteiger partial charge >= 0.3 is 12.4 Å². The molecule has 2 heterocycles. The molecule has 0 saturated carbocycles. The Morgan fingerprint density at radius 3 is 1.30 bits per heavy atom. The van der Waals surface area contributed by atoms with Crippen molar-refractivity contribution in [3.05, 3.63) is 96.3 Å². The molecule has 0 aliphatic heterocycles. The summed E-state index contributed by atoms with van der Waals surface area (Å²) in [5.74, 6) is -0.583. The molecule has 0 aliphatic rings. The van der Waals surface area contributed by atoms with Crippen LogP contribution in [-0.2, 0) is 12.4 Å². The zero-order chi connectivity index (χ0) is 23.6. The van der Waals surface area contributed by atoms with Crippen LogP contribution in [0.25, 0.3) is 22.5 Å². The molecular formula is C24H14F6N2O. The Balaban J connectivity index is 1.90. The minimum atomic E-state index is -4.68. The van der Waals surface area contributed by atoms with Crippen LogP contribution in [0.5, 0.6) is 11.5 Å². The van der Waals surface area contributed by atoms with Crippen molar-refractivity contribution in [1.29, 1.82) is 0 Å². The van der Waals surface area contributed by atoms with Gasteiger partial charge < -0.3 is 4.74 Å². The van der Waals surface area contributed by atoms with E-state index >= 15 is 0 Å². The summed E-state index contributed by atoms with van der Waals surface area (Å²) in [6, 6.07) is 15.2. The number of ether oxygens (including phenoxy) is 1. The van der Waals surface area contributed by atoms with Crippen molar-refractivity contribution < 1.29 is 31.1 Å². The normalized spacial score (nSPS) is 11.9. The molecule has 0 saturated heterocycles. The van der Waals surface area contributed by atoms with Crippen LogP contribution in [0, 0.1) is 0 Å². The molecule has 0 spiro atoms. The number of benzene rings is 2. The van der Waals surface area contributed by atoms with Gasteiger partial charge in [0.15, 0.2) is 0 Å². The van der Waals surface area contributed by atoms with Crippen LogP contribution in [0.4, 0.5) is 26.3 Å². The molecular weight excluding hydrogens is 446 g/mol. The molecule has 0 atom stereocenters. The van der Waals surface area contributed by atoms with Gasteiger partial charge in [0, 0.05) is 23.5 Å². The third kappa shape index (κ3) is 4.97. The van der Waals surface area contributed by atoms with Crippen molar-refractivity contribution in [3.63, 3.8) is 0 Å². The van der Waals surface area contributed by atoms with E-state index in [4.69, 9.17) is 4.74 Å². The van der Waals surface area contributed by atoms with Gasteiger partial charge in [-0.15, -0.1) is 0 Å². The molecule has 33 heavy (non-hydrogen) atoms. The molecule has 0 N–H and O–H groups in total. The van der Waals surface area contributed by atoms with E-state index in [1.165, 1.54) is 24.5 Å². The number of halogens is 6. The second-order valence-electron chi connectivity index (χ2n) is 6.95. The molecule has 0 bridgehead atoms. The summed E-state index contributed by atoms with van der Waals surface area (Å²) in [4.78, 5) is 8.25. The van der Waals surface area contributed by atoms with E-state index in [1.54, 1.807) is 36.4 Å². The highest BCUT2D eigenvalue weighted by atomic mass is 19.4. The van der Waals surface area contributed by atoms with Gasteiger partial charge in [-0.3, -0.25) is 9.97 Å². The highest BCUT2D eigenvalue weighted by Crippen LogP contribution is 2.42. The van der Waals surface area contributed by atoms with E-state index < -0.39 is 23.5 Å². The lowest BCUT2D eigenvalue weighted by molar-refractivity contribution is -0.138. The van der Waals surface area contributed by atoms with Crippen LogP contribution in [-0.4, -0.2) is 9.97 Å². The SMILES string of the molecule is FC(F)(F)c1ccc(-c2ccccn2)c(Oc2cc(C(F)(F)F)ccc2-c2ccccn2)c1. The maximum atomic E-state index is 13.4. The second kappa shape index (κ2) is 8.57. The molecule has 168 valence electrons. The lowest BCUT2D eigenvalue weighted by atomic mass is 10.0. The minimum absolute atomic E-state index is 0.188. The Hall–Kier alpha value is -3.88. The summed E-state index contributed by atoms with van der Waals surface area (Å²) in [6.07, 6.45) is -6.47. The van der Waals surface area contributed by atoms with Crippen LogP contribution in [0.3, 0.4) is 0 Å². The van der Waals surface area contributed by atoms with E-state index in [1.807, 2.05) is 0 Å². The summed E-state index contributed by atoms with van der Waals surface area (Å²) in [5, 5.41) is 0. The van der Waals surface area contributed by atoms with Crippen LogP contribution in [0.2, 0.25) is 0 Å². The summed E-state index contributed by atoms with van der Waals surface area (Å²) in [7, 11) is 0. The van der Waals surface area contributed by atoms with Crippen molar-refractivity contribution in [2.24, 2.45) is 0 Å². The smallest absolute Gasteiger partial charge is 0.416 e. The highest BCUT2D eigenvalue weighted by molar-refractivity contribution is 5.72. The first kappa shape index (κ1) is 22.3. The lowest BCUT2D eigenvalue weighted by Crippen LogP contribution is -2.07. The quantitative estimate of drug-likeness (QED) is 0.294. The predicted molar refractivity (Wildman–Crippen MR) is 109 cm³/mol. The van der Waals surface area contributed by atoms with Gasteiger partial charge in [0.05, 0.1) is 22.5 Å². The van der Waals surface area contributed by atoms with Gasteiger partial charge in [-0.05, 0) is 60.7 Å². The zero-order valence-electron chi connectivity index (χ0n) is 16.7. The molecule has 0 unspecified atom stereocenters. The number of nitrogens with zero attached hydrogens (tertiary/aromatic N) is 2. The number of hydrogen-bond acceptors (Lipinski definition) is 3. The highest BCUT2D eigenvalue weighted by Gasteiger charge is 2.33. The molecule has 0 fully saturated rings. The van der Waals surface area contributed by atoms with Crippen LogP contribution >= 0.6 is 0 Å². The first-order valence-electron chi connectivity index (χ1n) is 9.56. The van der Waals surface area contributed by atoms with Crippen molar-refractivity contribution >= 4 is 0 Å². The van der Waals surface area contributed by atoms with E-state index in [-0.39, 0.29) is 22.6 Å². The monoisotopic (exact) mass is 460 g/mol. The van der Waals surface area contributed by atoms with Crippen LogP contribution in [0.1, 0.15) is 11.1 Å². The van der Waals surface area contributed by atoms with Gasteiger partial charge in [0.25, 0.3) is 0 Å². The Labute approximate surface area is 184 Å². The van der Waals surface area contributed by atoms with E-state index in [0.29, 0.717) is 11.4 Å². The molecule has 2 aromatic heterocycles. The number of alkyl halides is 6. The zero-order valence-corrected chi connectivity index (χ0v) is 16.7. The van der Waals surface area contributed by atoms with E-state index in [0.717, 1.165) is 24.3 Å². The molecule has 0 radical (unpaired) electrons. The fraction of sp³-hybridized carbons (Fsp3) is 0.0833. The topological polar surface area (TPSA) is 35.0 Å². The fourth-order valence-electron chi connectivity index (χ4n) is 3.15. The largest absolute Gasteiger partial charge is 0.456 e.